The molecule has 1 saturated heterocycles. The van der Waals surface area contributed by atoms with E-state index in [1.54, 1.807) is 6.92 Å². The largest absolute Gasteiger partial charge is 0.338 e. The zero-order valence-corrected chi connectivity index (χ0v) is 22.6. The lowest BCUT2D eigenvalue weighted by molar-refractivity contribution is 0.0787. The van der Waals surface area contributed by atoms with Gasteiger partial charge in [-0.2, -0.15) is 4.98 Å². The Kier molecular flexibility index (Phi) is 7.25. The number of likely N-dealkylation sites (tertiary alicyclic amines) is 1. The quantitative estimate of drug-likeness (QED) is 0.439. The molecule has 202 valence electrons. The molecule has 2 aromatic heterocycles. The van der Waals surface area contributed by atoms with E-state index in [-0.39, 0.29) is 17.8 Å². The minimum absolute atomic E-state index is 0.0146. The first-order chi connectivity index (χ1) is 18.7. The van der Waals surface area contributed by atoms with Gasteiger partial charge in [0.15, 0.2) is 5.82 Å². The van der Waals surface area contributed by atoms with Crippen LogP contribution in [0.15, 0.2) is 46.3 Å². The van der Waals surface area contributed by atoms with Crippen LogP contribution in [0.25, 0.3) is 11.4 Å². The van der Waals surface area contributed by atoms with Gasteiger partial charge in [-0.15, -0.1) is 0 Å². The first-order valence-electron chi connectivity index (χ1n) is 13.3. The molecule has 1 unspecified atom stereocenters. The summed E-state index contributed by atoms with van der Waals surface area (Å²) in [6.45, 7) is 8.33. The molecule has 0 radical (unpaired) electrons. The lowest BCUT2D eigenvalue weighted by Gasteiger charge is -2.24. The molecule has 1 aromatic carbocycles. The average Bonchev–Trinajstić information content (AvgIpc) is 3.57. The topological polar surface area (TPSA) is 80.4 Å². The lowest BCUT2D eigenvalue weighted by Crippen LogP contribution is -2.36. The maximum Gasteiger partial charge on any atom is 0.286 e. The van der Waals surface area contributed by atoms with Crippen molar-refractivity contribution in [3.63, 3.8) is 0 Å². The molecule has 0 saturated carbocycles. The van der Waals surface area contributed by atoms with Crippen molar-refractivity contribution in [1.82, 2.24) is 19.4 Å². The number of aryl methyl sites for hydroxylation is 2. The fraction of sp³-hybridized carbons (Fsp3) is 0.367. The molecule has 0 N–H and O–H groups in total. The van der Waals surface area contributed by atoms with Crippen LogP contribution in [0.2, 0.25) is 0 Å². The Balaban J connectivity index is 1.63. The molecule has 3 aromatic rings. The molecule has 9 heteroatoms. The van der Waals surface area contributed by atoms with E-state index in [1.165, 1.54) is 4.90 Å². The molecule has 5 rings (SSSR count). The van der Waals surface area contributed by atoms with E-state index in [2.05, 4.69) is 28.8 Å². The summed E-state index contributed by atoms with van der Waals surface area (Å²) in [5, 5.41) is 0. The highest BCUT2D eigenvalue weighted by molar-refractivity contribution is 5.96. The Labute approximate surface area is 225 Å². The number of para-hydroxylation sites is 1. The predicted molar refractivity (Wildman–Crippen MR) is 146 cm³/mol. The number of halogens is 2. The van der Waals surface area contributed by atoms with Crippen LogP contribution >= 0.6 is 0 Å². The van der Waals surface area contributed by atoms with Gasteiger partial charge in [-0.25, -0.2) is 8.78 Å². The molecule has 2 aliphatic rings. The fourth-order valence-corrected chi connectivity index (χ4v) is 5.56. The van der Waals surface area contributed by atoms with E-state index in [0.717, 1.165) is 47.6 Å². The number of benzene rings is 1. The van der Waals surface area contributed by atoms with Crippen LogP contribution in [0.1, 0.15) is 78.2 Å². The van der Waals surface area contributed by atoms with E-state index in [1.807, 2.05) is 35.8 Å². The van der Waals surface area contributed by atoms with E-state index >= 15 is 0 Å². The van der Waals surface area contributed by atoms with Crippen molar-refractivity contribution in [2.24, 2.45) is 4.99 Å². The normalized spacial score (nSPS) is 17.0. The highest BCUT2D eigenvalue weighted by atomic mass is 19.1. The Hall–Kier alpha value is -4.01. The van der Waals surface area contributed by atoms with Gasteiger partial charge in [-0.1, -0.05) is 32.0 Å². The molecule has 7 nitrogen and oxygen atoms in total. The Morgan fingerprint density at radius 3 is 2.46 bits per heavy atom. The van der Waals surface area contributed by atoms with Gasteiger partial charge in [-0.05, 0) is 50.3 Å². The molecule has 2 aliphatic heterocycles. The summed E-state index contributed by atoms with van der Waals surface area (Å²) in [6.07, 6.45) is 5.56. The zero-order chi connectivity index (χ0) is 27.8. The number of hydrogen-bond donors (Lipinski definition) is 0. The number of carbonyl (C=O) groups excluding carboxylic acids is 1. The smallest absolute Gasteiger partial charge is 0.286 e. The SMILES string of the molecule is CCc1cccc(CC)c1-n1c(C2=CCC(C)=N2)nc(=O)c(C(=O)N2CCC(c3ncc(F)cc3F)C2)c1C. The number of pyridine rings is 1. The summed E-state index contributed by atoms with van der Waals surface area (Å²) < 4.78 is 29.7. The molecule has 39 heavy (non-hydrogen) atoms. The summed E-state index contributed by atoms with van der Waals surface area (Å²) in [4.78, 5) is 41.9. The highest BCUT2D eigenvalue weighted by Gasteiger charge is 2.34. The second kappa shape index (κ2) is 10.6. The van der Waals surface area contributed by atoms with Gasteiger partial charge in [-0.3, -0.25) is 24.1 Å². The molecule has 0 bridgehead atoms. The van der Waals surface area contributed by atoms with Crippen molar-refractivity contribution in [2.75, 3.05) is 13.1 Å². The maximum absolute atomic E-state index is 14.4. The van der Waals surface area contributed by atoms with Crippen molar-refractivity contribution in [3.8, 4) is 5.69 Å². The molecular formula is C30H31F2N5O2. The van der Waals surface area contributed by atoms with Crippen LogP contribution in [0.4, 0.5) is 8.78 Å². The second-order valence-electron chi connectivity index (χ2n) is 10.1. The molecule has 1 amide bonds. The standard InChI is InChI=1S/C30H31F2N5O2/c1-5-19-8-7-9-20(6-2)27(19)37-18(4)25(29(38)35-28(37)24-11-10-17(3)34-24)30(39)36-13-12-21(16-36)26-23(32)14-22(31)15-33-26/h7-9,11,14-15,21H,5-6,10,12-13,16H2,1-4H3. The number of aliphatic imine (C=N–C) groups is 1. The number of allylic oxidation sites excluding steroid dienone is 1. The molecule has 1 atom stereocenters. The minimum atomic E-state index is -0.750. The van der Waals surface area contributed by atoms with Gasteiger partial charge in [0.1, 0.15) is 22.9 Å². The fourth-order valence-electron chi connectivity index (χ4n) is 5.56. The Bertz CT molecular complexity index is 1570. The minimum Gasteiger partial charge on any atom is -0.338 e. The first-order valence-corrected chi connectivity index (χ1v) is 13.3. The molecule has 0 spiro atoms. The van der Waals surface area contributed by atoms with Crippen LogP contribution in [0.3, 0.4) is 0 Å². The van der Waals surface area contributed by atoms with Gasteiger partial charge in [0, 0.05) is 42.9 Å². The molecule has 4 heterocycles. The number of carbonyl (C=O) groups is 1. The predicted octanol–water partition coefficient (Wildman–Crippen LogP) is 5.17. The maximum atomic E-state index is 14.4. The van der Waals surface area contributed by atoms with Crippen LogP contribution in [0, 0.1) is 18.6 Å². The van der Waals surface area contributed by atoms with Gasteiger partial charge in [0.25, 0.3) is 11.5 Å². The number of amides is 1. The zero-order valence-electron chi connectivity index (χ0n) is 22.6. The lowest BCUT2D eigenvalue weighted by atomic mass is 10.0. The van der Waals surface area contributed by atoms with Crippen LogP contribution in [0.5, 0.6) is 0 Å². The summed E-state index contributed by atoms with van der Waals surface area (Å²) in [6, 6.07) is 6.91. The molecular weight excluding hydrogens is 500 g/mol. The van der Waals surface area contributed by atoms with E-state index in [9.17, 15) is 18.4 Å². The van der Waals surface area contributed by atoms with Gasteiger partial charge in [0.2, 0.25) is 0 Å². The van der Waals surface area contributed by atoms with E-state index < -0.39 is 29.0 Å². The van der Waals surface area contributed by atoms with E-state index in [0.29, 0.717) is 36.6 Å². The summed E-state index contributed by atoms with van der Waals surface area (Å²) in [5.41, 5.74) is 4.56. The first kappa shape index (κ1) is 26.6. The van der Waals surface area contributed by atoms with E-state index in [4.69, 9.17) is 0 Å². The number of aromatic nitrogens is 3. The third-order valence-corrected chi connectivity index (χ3v) is 7.56. The van der Waals surface area contributed by atoms with Crippen LogP contribution < -0.4 is 5.56 Å². The second-order valence-corrected chi connectivity index (χ2v) is 10.1. The van der Waals surface area contributed by atoms with Crippen molar-refractivity contribution in [2.45, 2.75) is 59.3 Å². The summed E-state index contributed by atoms with van der Waals surface area (Å²) in [5.74, 6) is -1.92. The van der Waals surface area contributed by atoms with Crippen molar-refractivity contribution >= 4 is 17.3 Å². The molecule has 0 aliphatic carbocycles. The third kappa shape index (κ3) is 4.82. The van der Waals surface area contributed by atoms with Crippen molar-refractivity contribution in [1.29, 1.82) is 0 Å². The Morgan fingerprint density at radius 2 is 1.85 bits per heavy atom. The summed E-state index contributed by atoms with van der Waals surface area (Å²) >= 11 is 0. The summed E-state index contributed by atoms with van der Waals surface area (Å²) in [7, 11) is 0. The van der Waals surface area contributed by atoms with Crippen LogP contribution in [-0.2, 0) is 12.8 Å². The van der Waals surface area contributed by atoms with Crippen LogP contribution in [-0.4, -0.2) is 44.1 Å². The average molecular weight is 532 g/mol. The van der Waals surface area contributed by atoms with Crippen molar-refractivity contribution in [3.05, 3.63) is 92.4 Å². The monoisotopic (exact) mass is 531 g/mol. The third-order valence-electron chi connectivity index (χ3n) is 7.56. The van der Waals surface area contributed by atoms with Gasteiger partial charge >= 0.3 is 0 Å². The number of nitrogens with zero attached hydrogens (tertiary/aromatic N) is 5. The molecule has 1 fully saturated rings. The van der Waals surface area contributed by atoms with Gasteiger partial charge in [0.05, 0.1) is 17.6 Å². The highest BCUT2D eigenvalue weighted by Crippen LogP contribution is 2.32. The van der Waals surface area contributed by atoms with Crippen molar-refractivity contribution < 1.29 is 13.6 Å². The Morgan fingerprint density at radius 1 is 1.13 bits per heavy atom. The number of hydrogen-bond acceptors (Lipinski definition) is 5. The van der Waals surface area contributed by atoms with Gasteiger partial charge < -0.3 is 4.90 Å². The number of rotatable bonds is 6.